The van der Waals surface area contributed by atoms with Crippen LogP contribution in [0.5, 0.6) is 0 Å². The molecule has 0 amide bonds. The van der Waals surface area contributed by atoms with Crippen LogP contribution in [0.1, 0.15) is 83.3 Å². The van der Waals surface area contributed by atoms with Crippen LogP contribution in [0.15, 0.2) is 15.8 Å². The first kappa shape index (κ1) is 21.2. The van der Waals surface area contributed by atoms with E-state index in [0.29, 0.717) is 48.5 Å². The molecule has 0 saturated heterocycles. The highest BCUT2D eigenvalue weighted by atomic mass is 16.6. The summed E-state index contributed by atoms with van der Waals surface area (Å²) in [6.45, 7) is 5.64. The topological polar surface area (TPSA) is 90.7 Å². The van der Waals surface area contributed by atoms with Gasteiger partial charge < -0.3 is 15.0 Å². The minimum atomic E-state index is -0.0199. The number of ketones is 1. The van der Waals surface area contributed by atoms with Gasteiger partial charge in [-0.2, -0.15) is 0 Å². The molecule has 1 aromatic heterocycles. The van der Waals surface area contributed by atoms with Gasteiger partial charge in [0.05, 0.1) is 18.5 Å². The van der Waals surface area contributed by atoms with Gasteiger partial charge in [0.1, 0.15) is 18.2 Å². The standard InChI is InChI=1S/C25H37N3O3/c1-24-10-7-17(28-30-12-9-18-15-27-23(14-26)31-18)13-16(24)3-4-19-20-5-6-22(29)25(20,2)11-8-21(19)24/h15-16,19-21H,3-14,26H2,1-2H3/t16?,19?,20?,21?,24-,25-/m0/s1. The molecule has 6 nitrogen and oxygen atoms in total. The third kappa shape index (κ3) is 3.55. The van der Waals surface area contributed by atoms with Crippen LogP contribution in [-0.4, -0.2) is 23.1 Å². The lowest BCUT2D eigenvalue weighted by molar-refractivity contribution is -0.137. The van der Waals surface area contributed by atoms with Gasteiger partial charge in [0.2, 0.25) is 5.89 Å². The van der Waals surface area contributed by atoms with Crippen molar-refractivity contribution in [1.29, 1.82) is 0 Å². The van der Waals surface area contributed by atoms with Crippen molar-refractivity contribution in [1.82, 2.24) is 4.98 Å². The van der Waals surface area contributed by atoms with E-state index in [9.17, 15) is 4.79 Å². The molecule has 4 aliphatic carbocycles. The lowest BCUT2D eigenvalue weighted by Crippen LogP contribution is -2.53. The van der Waals surface area contributed by atoms with Crippen LogP contribution in [0.4, 0.5) is 0 Å². The van der Waals surface area contributed by atoms with E-state index in [4.69, 9.17) is 15.0 Å². The fraction of sp³-hybridized carbons (Fsp3) is 0.800. The highest BCUT2D eigenvalue weighted by Gasteiger charge is 2.60. The van der Waals surface area contributed by atoms with Crippen LogP contribution in [0.3, 0.4) is 0 Å². The predicted molar refractivity (Wildman–Crippen MR) is 118 cm³/mol. The summed E-state index contributed by atoms with van der Waals surface area (Å²) in [5.41, 5.74) is 7.13. The summed E-state index contributed by atoms with van der Waals surface area (Å²) in [5, 5.41) is 4.51. The Hall–Kier alpha value is -1.69. The third-order valence-electron chi connectivity index (χ3n) is 9.62. The predicted octanol–water partition coefficient (Wildman–Crippen LogP) is 4.66. The normalized spacial score (nSPS) is 41.0. The quantitative estimate of drug-likeness (QED) is 0.545. The zero-order valence-electron chi connectivity index (χ0n) is 19.1. The fourth-order valence-electron chi connectivity index (χ4n) is 7.75. The molecule has 4 fully saturated rings. The van der Waals surface area contributed by atoms with E-state index in [-0.39, 0.29) is 5.41 Å². The zero-order chi connectivity index (χ0) is 21.6. The summed E-state index contributed by atoms with van der Waals surface area (Å²) < 4.78 is 5.52. The molecule has 2 N–H and O–H groups in total. The second kappa shape index (κ2) is 8.02. The number of aromatic nitrogens is 1. The van der Waals surface area contributed by atoms with E-state index in [1.807, 2.05) is 0 Å². The van der Waals surface area contributed by atoms with Gasteiger partial charge in [0, 0.05) is 18.3 Å². The average Bonchev–Trinajstić information content (AvgIpc) is 3.35. The number of oxime groups is 1. The molecule has 0 aliphatic heterocycles. The summed E-state index contributed by atoms with van der Waals surface area (Å²) in [7, 11) is 0. The molecule has 6 atom stereocenters. The van der Waals surface area contributed by atoms with Crippen molar-refractivity contribution >= 4 is 11.5 Å². The van der Waals surface area contributed by atoms with Crippen molar-refractivity contribution in [2.24, 2.45) is 45.4 Å². The molecule has 0 aromatic carbocycles. The Kier molecular flexibility index (Phi) is 5.48. The zero-order valence-corrected chi connectivity index (χ0v) is 19.1. The number of carbonyl (C=O) groups excluding carboxylic acids is 1. The van der Waals surface area contributed by atoms with Crippen LogP contribution in [0, 0.1) is 34.5 Å². The molecule has 1 aromatic rings. The van der Waals surface area contributed by atoms with Crippen LogP contribution in [0.2, 0.25) is 0 Å². The van der Waals surface area contributed by atoms with Gasteiger partial charge in [-0.25, -0.2) is 4.98 Å². The first-order valence-corrected chi connectivity index (χ1v) is 12.3. The number of nitrogens with two attached hydrogens (primary N) is 1. The molecule has 1 heterocycles. The number of rotatable bonds is 5. The van der Waals surface area contributed by atoms with Crippen molar-refractivity contribution in [2.75, 3.05) is 6.61 Å². The molecule has 4 unspecified atom stereocenters. The van der Waals surface area contributed by atoms with E-state index in [1.165, 1.54) is 31.4 Å². The van der Waals surface area contributed by atoms with Crippen molar-refractivity contribution in [2.45, 2.75) is 84.6 Å². The Morgan fingerprint density at radius 3 is 2.87 bits per heavy atom. The van der Waals surface area contributed by atoms with Crippen LogP contribution in [-0.2, 0) is 22.6 Å². The minimum Gasteiger partial charge on any atom is -0.444 e. The molecule has 5 rings (SSSR count). The maximum atomic E-state index is 12.6. The number of fused-ring (bicyclic) bond motifs is 5. The molecule has 31 heavy (non-hydrogen) atoms. The summed E-state index contributed by atoms with van der Waals surface area (Å²) in [4.78, 5) is 22.4. The first-order valence-electron chi connectivity index (χ1n) is 12.3. The maximum Gasteiger partial charge on any atom is 0.208 e. The number of oxazole rings is 1. The van der Waals surface area contributed by atoms with Crippen molar-refractivity contribution < 1.29 is 14.0 Å². The van der Waals surface area contributed by atoms with Gasteiger partial charge in [0.15, 0.2) is 0 Å². The van der Waals surface area contributed by atoms with Gasteiger partial charge in [-0.1, -0.05) is 19.0 Å². The molecule has 4 saturated carbocycles. The SMILES string of the molecule is C[C@]12CCC(=NOCCc3cnc(CN)o3)CC1CCC1C2CC[C@]2(C)C(=O)CCC12. The maximum absolute atomic E-state index is 12.6. The largest absolute Gasteiger partial charge is 0.444 e. The molecule has 0 spiro atoms. The van der Waals surface area contributed by atoms with Crippen molar-refractivity contribution in [3.63, 3.8) is 0 Å². The monoisotopic (exact) mass is 427 g/mol. The van der Waals surface area contributed by atoms with Gasteiger partial charge in [-0.15, -0.1) is 0 Å². The van der Waals surface area contributed by atoms with Crippen molar-refractivity contribution in [3.8, 4) is 0 Å². The van der Waals surface area contributed by atoms with Gasteiger partial charge in [-0.3, -0.25) is 4.79 Å². The van der Waals surface area contributed by atoms with Crippen molar-refractivity contribution in [3.05, 3.63) is 17.8 Å². The number of hydrogen-bond donors (Lipinski definition) is 1. The number of nitrogens with zero attached hydrogens (tertiary/aromatic N) is 2. The molecular formula is C25H37N3O3. The van der Waals surface area contributed by atoms with E-state index in [2.05, 4.69) is 24.0 Å². The van der Waals surface area contributed by atoms with Gasteiger partial charge in [0.25, 0.3) is 0 Å². The Morgan fingerprint density at radius 2 is 2.06 bits per heavy atom. The number of Topliss-reactive ketones (excluding diaryl/α,β-unsaturated/α-hetero) is 1. The minimum absolute atomic E-state index is 0.0199. The summed E-state index contributed by atoms with van der Waals surface area (Å²) >= 11 is 0. The first-order chi connectivity index (χ1) is 14.9. The lowest BCUT2D eigenvalue weighted by atomic mass is 9.45. The average molecular weight is 428 g/mol. The Bertz CT molecular complexity index is 864. The smallest absolute Gasteiger partial charge is 0.208 e. The Balaban J connectivity index is 1.19. The molecule has 0 bridgehead atoms. The highest BCUT2D eigenvalue weighted by molar-refractivity contribution is 5.87. The van der Waals surface area contributed by atoms with Crippen LogP contribution < -0.4 is 5.73 Å². The van der Waals surface area contributed by atoms with E-state index in [1.54, 1.807) is 6.20 Å². The summed E-state index contributed by atoms with van der Waals surface area (Å²) in [6.07, 6.45) is 12.6. The molecule has 170 valence electrons. The highest BCUT2D eigenvalue weighted by Crippen LogP contribution is 2.65. The van der Waals surface area contributed by atoms with E-state index < -0.39 is 0 Å². The second-order valence-electron chi connectivity index (χ2n) is 10.9. The molecular weight excluding hydrogens is 390 g/mol. The Labute approximate surface area is 185 Å². The summed E-state index contributed by atoms with van der Waals surface area (Å²) in [5.74, 6) is 4.77. The lowest BCUT2D eigenvalue weighted by Gasteiger charge is -2.59. The van der Waals surface area contributed by atoms with E-state index >= 15 is 0 Å². The molecule has 0 radical (unpaired) electrons. The van der Waals surface area contributed by atoms with E-state index in [0.717, 1.165) is 49.7 Å². The van der Waals surface area contributed by atoms with Gasteiger partial charge >= 0.3 is 0 Å². The van der Waals surface area contributed by atoms with Crippen LogP contribution in [0.25, 0.3) is 0 Å². The van der Waals surface area contributed by atoms with Crippen LogP contribution >= 0.6 is 0 Å². The number of hydrogen-bond acceptors (Lipinski definition) is 6. The number of carbonyl (C=O) groups is 1. The van der Waals surface area contributed by atoms with Gasteiger partial charge in [-0.05, 0) is 80.5 Å². The molecule has 6 heteroatoms. The second-order valence-corrected chi connectivity index (χ2v) is 10.9. The summed E-state index contributed by atoms with van der Waals surface area (Å²) in [6, 6.07) is 0. The third-order valence-corrected chi connectivity index (χ3v) is 9.62. The molecule has 4 aliphatic rings. The fourth-order valence-corrected chi connectivity index (χ4v) is 7.75. The Morgan fingerprint density at radius 1 is 1.19 bits per heavy atom.